The van der Waals surface area contributed by atoms with Crippen LogP contribution < -0.4 is 10.6 Å². The molecule has 0 atom stereocenters. The zero-order valence-electron chi connectivity index (χ0n) is 10.7. The average molecular weight is 292 g/mol. The van der Waals surface area contributed by atoms with Crippen molar-refractivity contribution in [2.45, 2.75) is 6.42 Å². The van der Waals surface area contributed by atoms with Crippen LogP contribution in [-0.2, 0) is 6.42 Å². The van der Waals surface area contributed by atoms with Gasteiger partial charge in [0, 0.05) is 13.0 Å². The molecule has 2 rings (SSSR count). The van der Waals surface area contributed by atoms with E-state index in [9.17, 15) is 14.7 Å². The number of amides is 2. The Morgan fingerprint density at radius 3 is 2.81 bits per heavy atom. The molecule has 0 saturated heterocycles. The van der Waals surface area contributed by atoms with E-state index in [0.717, 1.165) is 6.07 Å². The zero-order chi connectivity index (χ0) is 15.2. The van der Waals surface area contributed by atoms with E-state index in [1.807, 2.05) is 0 Å². The van der Waals surface area contributed by atoms with Crippen LogP contribution in [0.25, 0.3) is 0 Å². The Bertz CT molecular complexity index is 641. The lowest BCUT2D eigenvalue weighted by molar-refractivity contribution is 0.0697. The number of carboxylic acids is 1. The Kier molecular flexibility index (Phi) is 4.34. The summed E-state index contributed by atoms with van der Waals surface area (Å²) in [6.45, 7) is 0.256. The topological polar surface area (TPSA) is 138 Å². The Balaban J connectivity index is 1.92. The van der Waals surface area contributed by atoms with Crippen molar-refractivity contribution in [3.63, 3.8) is 0 Å². The van der Waals surface area contributed by atoms with Gasteiger partial charge in [-0.05, 0) is 18.2 Å². The van der Waals surface area contributed by atoms with Crippen LogP contribution in [0.15, 0.2) is 29.1 Å². The number of carbonyl (C=O) groups excluding carboxylic acids is 1. The average Bonchev–Trinajstić information content (AvgIpc) is 2.94. The Morgan fingerprint density at radius 2 is 2.14 bits per heavy atom. The van der Waals surface area contributed by atoms with Gasteiger partial charge in [0.15, 0.2) is 5.82 Å². The summed E-state index contributed by atoms with van der Waals surface area (Å²) in [6.07, 6.45) is 1.57. The molecule has 0 spiro atoms. The highest BCUT2D eigenvalue weighted by Crippen LogP contribution is 2.21. The maximum Gasteiger partial charge on any atom is 0.337 e. The van der Waals surface area contributed by atoms with E-state index in [4.69, 9.17) is 5.11 Å². The second-order valence-corrected chi connectivity index (χ2v) is 4.01. The van der Waals surface area contributed by atoms with E-state index in [0.29, 0.717) is 12.2 Å². The van der Waals surface area contributed by atoms with Gasteiger partial charge < -0.3 is 25.4 Å². The van der Waals surface area contributed by atoms with E-state index in [1.54, 1.807) is 0 Å². The van der Waals surface area contributed by atoms with Gasteiger partial charge in [-0.15, -0.1) is 0 Å². The van der Waals surface area contributed by atoms with Gasteiger partial charge in [-0.25, -0.2) is 9.59 Å². The largest absolute Gasteiger partial charge is 0.508 e. The summed E-state index contributed by atoms with van der Waals surface area (Å²) < 4.78 is 4.54. The summed E-state index contributed by atoms with van der Waals surface area (Å²) in [5.41, 5.74) is -0.124. The SMILES string of the molecule is O=C(NCCc1ncon1)Nc1ccc(O)cc1C(=O)O. The number of benzene rings is 1. The van der Waals surface area contributed by atoms with Gasteiger partial charge in [0.2, 0.25) is 6.39 Å². The van der Waals surface area contributed by atoms with Crippen molar-refractivity contribution < 1.29 is 24.3 Å². The molecular formula is C12H12N4O5. The second-order valence-electron chi connectivity index (χ2n) is 4.01. The number of nitrogens with one attached hydrogen (secondary N) is 2. The summed E-state index contributed by atoms with van der Waals surface area (Å²) in [5, 5.41) is 26.7. The number of aromatic carboxylic acids is 1. The summed E-state index contributed by atoms with van der Waals surface area (Å²) in [4.78, 5) is 26.5. The lowest BCUT2D eigenvalue weighted by atomic mass is 10.1. The molecule has 9 heteroatoms. The molecule has 0 bridgehead atoms. The fourth-order valence-corrected chi connectivity index (χ4v) is 1.58. The van der Waals surface area contributed by atoms with E-state index < -0.39 is 12.0 Å². The lowest BCUT2D eigenvalue weighted by Crippen LogP contribution is -2.31. The zero-order valence-corrected chi connectivity index (χ0v) is 10.7. The number of urea groups is 1. The molecule has 0 fully saturated rings. The van der Waals surface area contributed by atoms with E-state index in [-0.39, 0.29) is 23.5 Å². The fraction of sp³-hybridized carbons (Fsp3) is 0.167. The smallest absolute Gasteiger partial charge is 0.337 e. The number of hydrogen-bond donors (Lipinski definition) is 4. The van der Waals surface area contributed by atoms with Crippen molar-refractivity contribution in [1.82, 2.24) is 15.5 Å². The Morgan fingerprint density at radius 1 is 1.33 bits per heavy atom. The maximum atomic E-state index is 11.7. The highest BCUT2D eigenvalue weighted by atomic mass is 16.5. The van der Waals surface area contributed by atoms with Gasteiger partial charge >= 0.3 is 12.0 Å². The third kappa shape index (κ3) is 3.93. The summed E-state index contributed by atoms with van der Waals surface area (Å²) in [6, 6.07) is 3.06. The molecule has 110 valence electrons. The molecular weight excluding hydrogens is 280 g/mol. The van der Waals surface area contributed by atoms with Gasteiger partial charge in [0.1, 0.15) is 5.75 Å². The number of carbonyl (C=O) groups is 2. The predicted octanol–water partition coefficient (Wildman–Crippen LogP) is 0.838. The molecule has 0 aliphatic heterocycles. The van der Waals surface area contributed by atoms with Crippen LogP contribution in [0.3, 0.4) is 0 Å². The Labute approximate surface area is 118 Å². The quantitative estimate of drug-likeness (QED) is 0.599. The van der Waals surface area contributed by atoms with Crippen LogP contribution in [0, 0.1) is 0 Å². The van der Waals surface area contributed by atoms with Crippen molar-refractivity contribution in [2.75, 3.05) is 11.9 Å². The van der Waals surface area contributed by atoms with Gasteiger partial charge in [-0.1, -0.05) is 5.16 Å². The minimum atomic E-state index is -1.26. The second kappa shape index (κ2) is 6.37. The van der Waals surface area contributed by atoms with Gasteiger partial charge in [0.05, 0.1) is 11.3 Å². The molecule has 0 unspecified atom stereocenters. The van der Waals surface area contributed by atoms with Gasteiger partial charge in [-0.2, -0.15) is 4.98 Å². The first-order chi connectivity index (χ1) is 10.1. The summed E-state index contributed by atoms with van der Waals surface area (Å²) >= 11 is 0. The highest BCUT2D eigenvalue weighted by molar-refractivity contribution is 6.00. The van der Waals surface area contributed by atoms with Crippen molar-refractivity contribution in [1.29, 1.82) is 0 Å². The number of anilines is 1. The number of aromatic hydroxyl groups is 1. The van der Waals surface area contributed by atoms with Crippen LogP contribution in [0.1, 0.15) is 16.2 Å². The molecule has 1 aromatic heterocycles. The molecule has 9 nitrogen and oxygen atoms in total. The molecule has 21 heavy (non-hydrogen) atoms. The van der Waals surface area contributed by atoms with Crippen molar-refractivity contribution >= 4 is 17.7 Å². The predicted molar refractivity (Wildman–Crippen MR) is 70.1 cm³/mol. The normalized spacial score (nSPS) is 10.1. The van der Waals surface area contributed by atoms with E-state index >= 15 is 0 Å². The monoisotopic (exact) mass is 292 g/mol. The fourth-order valence-electron chi connectivity index (χ4n) is 1.58. The Hall–Kier alpha value is -3.10. The molecule has 0 saturated carbocycles. The lowest BCUT2D eigenvalue weighted by Gasteiger charge is -2.09. The number of carboxylic acid groups (broad SMARTS) is 1. The maximum absolute atomic E-state index is 11.7. The van der Waals surface area contributed by atoms with Crippen molar-refractivity contribution in [3.8, 4) is 5.75 Å². The number of aromatic nitrogens is 2. The molecule has 1 heterocycles. The van der Waals surface area contributed by atoms with Crippen molar-refractivity contribution in [2.24, 2.45) is 0 Å². The summed E-state index contributed by atoms with van der Waals surface area (Å²) in [5.74, 6) is -1.00. The molecule has 2 amide bonds. The molecule has 0 aliphatic carbocycles. The molecule has 1 aromatic carbocycles. The third-order valence-corrected chi connectivity index (χ3v) is 2.52. The standard InChI is InChI=1S/C12H12N4O5/c17-7-1-2-9(8(5-7)11(18)19)15-12(20)13-4-3-10-14-6-21-16-10/h1-2,5-6,17H,3-4H2,(H,18,19)(H2,13,15,20). The molecule has 0 aliphatic rings. The number of nitrogens with zero attached hydrogens (tertiary/aromatic N) is 2. The number of phenolic OH excluding ortho intramolecular Hbond substituents is 1. The first-order valence-corrected chi connectivity index (χ1v) is 5.92. The first kappa shape index (κ1) is 14.3. The molecule has 2 aromatic rings. The van der Waals surface area contributed by atoms with Gasteiger partial charge in [0.25, 0.3) is 0 Å². The number of phenols is 1. The van der Waals surface area contributed by atoms with Crippen LogP contribution in [0.5, 0.6) is 5.75 Å². The molecule has 4 N–H and O–H groups in total. The molecule has 0 radical (unpaired) electrons. The number of hydrogen-bond acceptors (Lipinski definition) is 6. The minimum Gasteiger partial charge on any atom is -0.508 e. The van der Waals surface area contributed by atoms with E-state index in [1.165, 1.54) is 18.5 Å². The van der Waals surface area contributed by atoms with Gasteiger partial charge in [-0.3, -0.25) is 0 Å². The highest BCUT2D eigenvalue weighted by Gasteiger charge is 2.13. The number of rotatable bonds is 5. The summed E-state index contributed by atoms with van der Waals surface area (Å²) in [7, 11) is 0. The van der Waals surface area contributed by atoms with Crippen LogP contribution in [0.2, 0.25) is 0 Å². The minimum absolute atomic E-state index is 0.0809. The van der Waals surface area contributed by atoms with Crippen LogP contribution in [0.4, 0.5) is 10.5 Å². The first-order valence-electron chi connectivity index (χ1n) is 5.92. The van der Waals surface area contributed by atoms with Crippen molar-refractivity contribution in [3.05, 3.63) is 36.0 Å². The third-order valence-electron chi connectivity index (χ3n) is 2.52. The van der Waals surface area contributed by atoms with E-state index in [2.05, 4.69) is 25.3 Å². The van der Waals surface area contributed by atoms with Crippen LogP contribution >= 0.6 is 0 Å². The van der Waals surface area contributed by atoms with Crippen LogP contribution in [-0.4, -0.2) is 38.9 Å².